The second kappa shape index (κ2) is 2.22. The minimum absolute atomic E-state index is 0.0795. The van der Waals surface area contributed by atoms with Gasteiger partial charge in [-0.3, -0.25) is 9.10 Å². The first-order chi connectivity index (χ1) is 3.80. The van der Waals surface area contributed by atoms with Crippen LogP contribution < -0.4 is 0 Å². The van der Waals surface area contributed by atoms with E-state index in [2.05, 4.69) is 12.8 Å². The summed E-state index contributed by atoms with van der Waals surface area (Å²) >= 11 is 3.85. The molecule has 0 fully saturated rings. The van der Waals surface area contributed by atoms with Gasteiger partial charge < -0.3 is 0 Å². The molecule has 0 N–H and O–H groups in total. The van der Waals surface area contributed by atoms with Crippen molar-refractivity contribution in [3.63, 3.8) is 0 Å². The molecule has 0 aromatic carbocycles. The molecule has 0 unspecified atom stereocenters. The molecule has 1 aliphatic heterocycles. The second-order valence-corrected chi connectivity index (χ2v) is 2.09. The van der Waals surface area contributed by atoms with Crippen LogP contribution in [0.15, 0.2) is 12.3 Å². The quantitative estimate of drug-likeness (QED) is 0.483. The average molecular weight is 129 g/mol. The number of hydrogen-bond donors (Lipinski definition) is 1. The third-order valence-corrected chi connectivity index (χ3v) is 1.38. The Morgan fingerprint density at radius 2 is 2.50 bits per heavy atom. The van der Waals surface area contributed by atoms with Gasteiger partial charge in [0.05, 0.1) is 0 Å². The lowest BCUT2D eigenvalue weighted by Crippen LogP contribution is -2.17. The highest BCUT2D eigenvalue weighted by Gasteiger charge is 2.08. The van der Waals surface area contributed by atoms with Gasteiger partial charge in [-0.1, -0.05) is 18.9 Å². The van der Waals surface area contributed by atoms with Crippen molar-refractivity contribution in [2.45, 2.75) is 12.8 Å². The summed E-state index contributed by atoms with van der Waals surface area (Å²) in [5.41, 5.74) is 0. The Labute approximate surface area is 53.7 Å². The SMILES string of the molecule is O=C1CCC=CN1S. The lowest BCUT2D eigenvalue weighted by molar-refractivity contribution is -0.124. The fourth-order valence-corrected chi connectivity index (χ4v) is 0.773. The lowest BCUT2D eigenvalue weighted by Gasteiger charge is -2.12. The number of hydrogen-bond acceptors (Lipinski definition) is 2. The van der Waals surface area contributed by atoms with E-state index in [0.717, 1.165) is 6.42 Å². The molecule has 2 nitrogen and oxygen atoms in total. The molecule has 44 valence electrons. The molecule has 0 atom stereocenters. The molecule has 1 rings (SSSR count). The minimum Gasteiger partial charge on any atom is -0.274 e. The van der Waals surface area contributed by atoms with Crippen LogP contribution >= 0.6 is 12.8 Å². The summed E-state index contributed by atoms with van der Waals surface area (Å²) in [7, 11) is 0. The van der Waals surface area contributed by atoms with Crippen molar-refractivity contribution in [3.05, 3.63) is 12.3 Å². The van der Waals surface area contributed by atoms with Crippen LogP contribution in [0, 0.1) is 0 Å². The normalized spacial score (nSPS) is 19.6. The number of carbonyl (C=O) groups excluding carboxylic acids is 1. The van der Waals surface area contributed by atoms with Crippen molar-refractivity contribution in [1.82, 2.24) is 4.31 Å². The van der Waals surface area contributed by atoms with Crippen LogP contribution in [0.5, 0.6) is 0 Å². The number of allylic oxidation sites excluding steroid dienone is 1. The summed E-state index contributed by atoms with van der Waals surface area (Å²) in [6, 6.07) is 0. The summed E-state index contributed by atoms with van der Waals surface area (Å²) in [5.74, 6) is 0.0795. The van der Waals surface area contributed by atoms with Crippen molar-refractivity contribution in [3.8, 4) is 0 Å². The Morgan fingerprint density at radius 1 is 1.75 bits per heavy atom. The number of amides is 1. The lowest BCUT2D eigenvalue weighted by atomic mass is 10.2. The molecule has 0 bridgehead atoms. The first-order valence-electron chi connectivity index (χ1n) is 2.48. The monoisotopic (exact) mass is 129 g/mol. The van der Waals surface area contributed by atoms with E-state index in [-0.39, 0.29) is 5.91 Å². The molecule has 0 saturated heterocycles. The summed E-state index contributed by atoms with van der Waals surface area (Å²) in [4.78, 5) is 10.6. The largest absolute Gasteiger partial charge is 0.274 e. The molecule has 0 aromatic heterocycles. The molecule has 3 heteroatoms. The van der Waals surface area contributed by atoms with Crippen molar-refractivity contribution in [2.75, 3.05) is 0 Å². The maximum atomic E-state index is 10.6. The van der Waals surface area contributed by atoms with Crippen LogP contribution in [0.1, 0.15) is 12.8 Å². The first kappa shape index (κ1) is 5.69. The Hall–Kier alpha value is -0.440. The van der Waals surface area contributed by atoms with E-state index in [1.807, 2.05) is 6.08 Å². The molecule has 8 heavy (non-hydrogen) atoms. The van der Waals surface area contributed by atoms with Crippen molar-refractivity contribution in [2.24, 2.45) is 0 Å². The van der Waals surface area contributed by atoms with Gasteiger partial charge in [0.25, 0.3) is 0 Å². The van der Waals surface area contributed by atoms with Crippen LogP contribution in [0.2, 0.25) is 0 Å². The predicted molar refractivity (Wildman–Crippen MR) is 34.2 cm³/mol. The van der Waals surface area contributed by atoms with Gasteiger partial charge in [-0.05, 0) is 6.42 Å². The zero-order valence-corrected chi connectivity index (χ0v) is 5.27. The van der Waals surface area contributed by atoms with Crippen LogP contribution in [-0.2, 0) is 4.79 Å². The van der Waals surface area contributed by atoms with Gasteiger partial charge >= 0.3 is 0 Å². The highest BCUT2D eigenvalue weighted by molar-refractivity contribution is 7.78. The molecule has 0 aromatic rings. The molecule has 0 spiro atoms. The topological polar surface area (TPSA) is 20.3 Å². The Balaban J connectivity index is 2.60. The maximum absolute atomic E-state index is 10.6. The zero-order chi connectivity index (χ0) is 5.98. The van der Waals surface area contributed by atoms with Gasteiger partial charge in [-0.25, -0.2) is 0 Å². The molecular formula is C5H7NOS. The number of thiol groups is 1. The van der Waals surface area contributed by atoms with Gasteiger partial charge in [0.2, 0.25) is 5.91 Å². The van der Waals surface area contributed by atoms with Crippen LogP contribution in [0.3, 0.4) is 0 Å². The summed E-state index contributed by atoms with van der Waals surface area (Å²) in [5, 5.41) is 0. The van der Waals surface area contributed by atoms with E-state index in [1.54, 1.807) is 6.20 Å². The van der Waals surface area contributed by atoms with E-state index >= 15 is 0 Å². The fraction of sp³-hybridized carbons (Fsp3) is 0.400. The van der Waals surface area contributed by atoms with E-state index in [9.17, 15) is 4.79 Å². The van der Waals surface area contributed by atoms with E-state index in [1.165, 1.54) is 4.31 Å². The van der Waals surface area contributed by atoms with Crippen molar-refractivity contribution < 1.29 is 4.79 Å². The fourth-order valence-electron chi connectivity index (χ4n) is 0.579. The molecule has 0 aliphatic carbocycles. The summed E-state index contributed by atoms with van der Waals surface area (Å²) in [6.45, 7) is 0. The molecular weight excluding hydrogens is 122 g/mol. The third-order valence-electron chi connectivity index (χ3n) is 1.03. The molecule has 1 aliphatic rings. The minimum atomic E-state index is 0.0795. The van der Waals surface area contributed by atoms with Crippen molar-refractivity contribution >= 4 is 18.7 Å². The second-order valence-electron chi connectivity index (χ2n) is 1.66. The van der Waals surface area contributed by atoms with Gasteiger partial charge in [-0.2, -0.15) is 0 Å². The van der Waals surface area contributed by atoms with E-state index < -0.39 is 0 Å². The van der Waals surface area contributed by atoms with E-state index in [4.69, 9.17) is 0 Å². The van der Waals surface area contributed by atoms with E-state index in [0.29, 0.717) is 6.42 Å². The summed E-state index contributed by atoms with van der Waals surface area (Å²) < 4.78 is 1.31. The maximum Gasteiger partial charge on any atom is 0.236 e. The van der Waals surface area contributed by atoms with Crippen molar-refractivity contribution in [1.29, 1.82) is 0 Å². The Morgan fingerprint density at radius 3 is 2.88 bits per heavy atom. The highest BCUT2D eigenvalue weighted by Crippen LogP contribution is 2.08. The molecule has 1 heterocycles. The number of rotatable bonds is 0. The number of nitrogens with zero attached hydrogens (tertiary/aromatic N) is 1. The van der Waals surface area contributed by atoms with Gasteiger partial charge in [0.15, 0.2) is 0 Å². The Bertz CT molecular complexity index is 132. The van der Waals surface area contributed by atoms with Crippen LogP contribution in [-0.4, -0.2) is 10.2 Å². The molecule has 1 amide bonds. The van der Waals surface area contributed by atoms with Gasteiger partial charge in [-0.15, -0.1) is 0 Å². The molecule has 0 radical (unpaired) electrons. The van der Waals surface area contributed by atoms with Gasteiger partial charge in [0.1, 0.15) is 0 Å². The predicted octanol–water partition coefficient (Wildman–Crippen LogP) is 0.967. The van der Waals surface area contributed by atoms with Crippen LogP contribution in [0.25, 0.3) is 0 Å². The Kier molecular flexibility index (Phi) is 1.58. The van der Waals surface area contributed by atoms with Crippen LogP contribution in [0.4, 0.5) is 0 Å². The number of carbonyl (C=O) groups is 1. The third kappa shape index (κ3) is 1.04. The first-order valence-corrected chi connectivity index (χ1v) is 2.88. The highest BCUT2D eigenvalue weighted by atomic mass is 32.1. The smallest absolute Gasteiger partial charge is 0.236 e. The summed E-state index contributed by atoms with van der Waals surface area (Å²) in [6.07, 6.45) is 5.05. The van der Waals surface area contributed by atoms with Gasteiger partial charge in [0, 0.05) is 12.6 Å². The molecule has 0 saturated carbocycles. The average Bonchev–Trinajstić information content (AvgIpc) is 1.77. The standard InChI is InChI=1S/C5H7NOS/c7-5-3-1-2-4-6(5)8/h2,4,8H,1,3H2. The zero-order valence-electron chi connectivity index (χ0n) is 4.37.